The molecule has 0 N–H and O–H groups in total. The van der Waals surface area contributed by atoms with Gasteiger partial charge in [0.2, 0.25) is 0 Å². The number of ether oxygens (including phenoxy) is 4. The predicted octanol–water partition coefficient (Wildman–Crippen LogP) is 0.348. The summed E-state index contributed by atoms with van der Waals surface area (Å²) in [5.74, 6) is 0.149. The summed E-state index contributed by atoms with van der Waals surface area (Å²) in [7, 11) is 0. The number of carbonyl (C=O) groups excluding carboxylic acids is 1. The fourth-order valence-corrected chi connectivity index (χ4v) is 1.47. The van der Waals surface area contributed by atoms with Gasteiger partial charge in [-0.05, 0) is 6.92 Å². The van der Waals surface area contributed by atoms with Gasteiger partial charge in [0.15, 0.2) is 0 Å². The van der Waals surface area contributed by atoms with E-state index in [1.54, 1.807) is 6.92 Å². The van der Waals surface area contributed by atoms with Crippen LogP contribution in [0.5, 0.6) is 0 Å². The van der Waals surface area contributed by atoms with E-state index in [4.69, 9.17) is 18.9 Å². The minimum absolute atomic E-state index is 0.149. The molecule has 1 fully saturated rings. The SMILES string of the molecule is CC(=O)CCOCCOCCOCCOCCN1CC1. The zero-order valence-corrected chi connectivity index (χ0v) is 12.5. The Kier molecular flexibility index (Phi) is 10.7. The molecular weight excluding hydrogens is 262 g/mol. The first kappa shape index (κ1) is 17.5. The van der Waals surface area contributed by atoms with E-state index in [9.17, 15) is 4.79 Å². The molecule has 0 bridgehead atoms. The summed E-state index contributed by atoms with van der Waals surface area (Å²) in [6, 6.07) is 0. The summed E-state index contributed by atoms with van der Waals surface area (Å²) in [5, 5.41) is 0. The minimum Gasteiger partial charge on any atom is -0.379 e. The van der Waals surface area contributed by atoms with Crippen LogP contribution in [0.15, 0.2) is 0 Å². The van der Waals surface area contributed by atoms with E-state index in [0.29, 0.717) is 52.7 Å². The van der Waals surface area contributed by atoms with E-state index >= 15 is 0 Å². The monoisotopic (exact) mass is 289 g/mol. The first-order valence-corrected chi connectivity index (χ1v) is 7.32. The molecule has 0 aromatic carbocycles. The number of hydrogen-bond acceptors (Lipinski definition) is 6. The van der Waals surface area contributed by atoms with Crippen LogP contribution in [0.1, 0.15) is 13.3 Å². The number of hydrogen-bond donors (Lipinski definition) is 0. The Bertz CT molecular complexity index is 246. The lowest BCUT2D eigenvalue weighted by Gasteiger charge is -2.07. The van der Waals surface area contributed by atoms with E-state index in [0.717, 1.165) is 13.2 Å². The molecule has 1 saturated heterocycles. The molecule has 0 aromatic heterocycles. The summed E-state index contributed by atoms with van der Waals surface area (Å²) in [6.45, 7) is 9.73. The average molecular weight is 289 g/mol. The molecule has 0 unspecified atom stereocenters. The molecular formula is C14H27NO5. The maximum Gasteiger partial charge on any atom is 0.132 e. The van der Waals surface area contributed by atoms with Crippen LogP contribution in [-0.4, -0.2) is 83.2 Å². The molecule has 1 aliphatic heterocycles. The summed E-state index contributed by atoms with van der Waals surface area (Å²) in [6.07, 6.45) is 0.473. The Morgan fingerprint density at radius 2 is 1.25 bits per heavy atom. The van der Waals surface area contributed by atoms with Crippen LogP contribution in [0.25, 0.3) is 0 Å². The first-order chi connectivity index (χ1) is 9.79. The van der Waals surface area contributed by atoms with Gasteiger partial charge in [-0.1, -0.05) is 0 Å². The minimum atomic E-state index is 0.149. The van der Waals surface area contributed by atoms with Crippen molar-refractivity contribution in [1.29, 1.82) is 0 Å². The molecule has 1 heterocycles. The molecule has 0 spiro atoms. The molecule has 0 saturated carbocycles. The van der Waals surface area contributed by atoms with Crippen molar-refractivity contribution in [2.45, 2.75) is 13.3 Å². The molecule has 0 radical (unpaired) electrons. The Hall–Kier alpha value is -0.530. The van der Waals surface area contributed by atoms with Gasteiger partial charge in [-0.3, -0.25) is 9.69 Å². The quantitative estimate of drug-likeness (QED) is 0.320. The maximum absolute atomic E-state index is 10.6. The van der Waals surface area contributed by atoms with Crippen molar-refractivity contribution in [3.05, 3.63) is 0 Å². The van der Waals surface area contributed by atoms with Crippen LogP contribution in [0, 0.1) is 0 Å². The molecule has 20 heavy (non-hydrogen) atoms. The van der Waals surface area contributed by atoms with Crippen LogP contribution in [0.4, 0.5) is 0 Å². The summed E-state index contributed by atoms with van der Waals surface area (Å²) < 4.78 is 21.3. The van der Waals surface area contributed by atoms with Gasteiger partial charge in [0, 0.05) is 26.1 Å². The van der Waals surface area contributed by atoms with Gasteiger partial charge >= 0.3 is 0 Å². The van der Waals surface area contributed by atoms with Gasteiger partial charge in [0.25, 0.3) is 0 Å². The lowest BCUT2D eigenvalue weighted by molar-refractivity contribution is -0.118. The van der Waals surface area contributed by atoms with Crippen LogP contribution < -0.4 is 0 Å². The van der Waals surface area contributed by atoms with E-state index < -0.39 is 0 Å². The van der Waals surface area contributed by atoms with E-state index in [2.05, 4.69) is 4.90 Å². The zero-order chi connectivity index (χ0) is 14.5. The van der Waals surface area contributed by atoms with Crippen molar-refractivity contribution in [1.82, 2.24) is 4.90 Å². The van der Waals surface area contributed by atoms with E-state index in [1.807, 2.05) is 0 Å². The highest BCUT2D eigenvalue weighted by Gasteiger charge is 2.15. The third-order valence-electron chi connectivity index (χ3n) is 2.81. The Balaban J connectivity index is 1.62. The average Bonchev–Trinajstić information content (AvgIpc) is 3.23. The lowest BCUT2D eigenvalue weighted by atomic mass is 10.3. The Morgan fingerprint density at radius 1 is 0.800 bits per heavy atom. The summed E-state index contributed by atoms with van der Waals surface area (Å²) >= 11 is 0. The Labute approximate surface area is 121 Å². The number of Topliss-reactive ketones (excluding diaryl/α,β-unsaturated/α-hetero) is 1. The van der Waals surface area contributed by atoms with Crippen molar-refractivity contribution >= 4 is 5.78 Å². The molecule has 1 rings (SSSR count). The van der Waals surface area contributed by atoms with Crippen LogP contribution in [0.3, 0.4) is 0 Å². The van der Waals surface area contributed by atoms with Gasteiger partial charge < -0.3 is 18.9 Å². The highest BCUT2D eigenvalue weighted by atomic mass is 16.6. The topological polar surface area (TPSA) is 57.0 Å². The second-order valence-electron chi connectivity index (χ2n) is 4.74. The molecule has 118 valence electrons. The van der Waals surface area contributed by atoms with E-state index in [-0.39, 0.29) is 5.78 Å². The van der Waals surface area contributed by atoms with Crippen molar-refractivity contribution in [3.63, 3.8) is 0 Å². The fraction of sp³-hybridized carbons (Fsp3) is 0.929. The maximum atomic E-state index is 10.6. The highest BCUT2D eigenvalue weighted by Crippen LogP contribution is 2.00. The third kappa shape index (κ3) is 12.5. The first-order valence-electron chi connectivity index (χ1n) is 7.32. The highest BCUT2D eigenvalue weighted by molar-refractivity contribution is 5.75. The van der Waals surface area contributed by atoms with E-state index in [1.165, 1.54) is 13.1 Å². The fourth-order valence-electron chi connectivity index (χ4n) is 1.47. The van der Waals surface area contributed by atoms with Crippen molar-refractivity contribution < 1.29 is 23.7 Å². The van der Waals surface area contributed by atoms with Crippen LogP contribution >= 0.6 is 0 Å². The molecule has 0 amide bonds. The number of nitrogens with zero attached hydrogens (tertiary/aromatic N) is 1. The van der Waals surface area contributed by atoms with Crippen molar-refractivity contribution in [2.24, 2.45) is 0 Å². The summed E-state index contributed by atoms with van der Waals surface area (Å²) in [5.41, 5.74) is 0. The smallest absolute Gasteiger partial charge is 0.132 e. The molecule has 6 nitrogen and oxygen atoms in total. The number of rotatable bonds is 15. The standard InChI is InChI=1S/C14H27NO5/c1-14(16)2-6-17-8-10-19-12-13-20-11-9-18-7-5-15-3-4-15/h2-13H2,1H3. The zero-order valence-electron chi connectivity index (χ0n) is 12.5. The van der Waals surface area contributed by atoms with Crippen molar-refractivity contribution in [2.75, 3.05) is 72.5 Å². The number of carbonyl (C=O) groups is 1. The lowest BCUT2D eigenvalue weighted by Crippen LogP contribution is -2.14. The van der Waals surface area contributed by atoms with Crippen LogP contribution in [-0.2, 0) is 23.7 Å². The second kappa shape index (κ2) is 12.2. The molecule has 0 aliphatic carbocycles. The largest absolute Gasteiger partial charge is 0.379 e. The van der Waals surface area contributed by atoms with Gasteiger partial charge in [0.05, 0.1) is 52.9 Å². The molecule has 6 heteroatoms. The van der Waals surface area contributed by atoms with Gasteiger partial charge in [0.1, 0.15) is 5.78 Å². The Morgan fingerprint density at radius 3 is 1.70 bits per heavy atom. The third-order valence-corrected chi connectivity index (χ3v) is 2.81. The normalized spacial score (nSPS) is 14.7. The number of ketones is 1. The molecule has 1 aliphatic rings. The molecule has 0 aromatic rings. The van der Waals surface area contributed by atoms with Gasteiger partial charge in [-0.15, -0.1) is 0 Å². The molecule has 0 atom stereocenters. The van der Waals surface area contributed by atoms with Crippen LogP contribution in [0.2, 0.25) is 0 Å². The van der Waals surface area contributed by atoms with Gasteiger partial charge in [-0.2, -0.15) is 0 Å². The van der Waals surface area contributed by atoms with Crippen molar-refractivity contribution in [3.8, 4) is 0 Å². The summed E-state index contributed by atoms with van der Waals surface area (Å²) in [4.78, 5) is 13.0. The second-order valence-corrected chi connectivity index (χ2v) is 4.74. The predicted molar refractivity (Wildman–Crippen MR) is 75.0 cm³/mol. The van der Waals surface area contributed by atoms with Gasteiger partial charge in [-0.25, -0.2) is 0 Å².